The fourth-order valence-corrected chi connectivity index (χ4v) is 1.63. The van der Waals surface area contributed by atoms with Gasteiger partial charge in [-0.15, -0.1) is 0 Å². The normalized spacial score (nSPS) is 19.6. The van der Waals surface area contributed by atoms with E-state index in [1.54, 1.807) is 0 Å². The van der Waals surface area contributed by atoms with Gasteiger partial charge in [-0.25, -0.2) is 0 Å². The number of quaternary nitrogens is 1. The van der Waals surface area contributed by atoms with Crippen molar-refractivity contribution in [2.75, 3.05) is 39.3 Å². The SMILES string of the molecule is NC(=S)N1CC[NH+](CCO)CC1. The summed E-state index contributed by atoms with van der Waals surface area (Å²) in [4.78, 5) is 3.45. The highest BCUT2D eigenvalue weighted by Gasteiger charge is 2.19. The highest BCUT2D eigenvalue weighted by atomic mass is 32.1. The third-order valence-corrected chi connectivity index (χ3v) is 2.51. The van der Waals surface area contributed by atoms with Crippen molar-refractivity contribution in [1.29, 1.82) is 0 Å². The van der Waals surface area contributed by atoms with E-state index in [1.165, 1.54) is 4.90 Å². The largest absolute Gasteiger partial charge is 0.391 e. The molecule has 0 aliphatic carbocycles. The van der Waals surface area contributed by atoms with Crippen molar-refractivity contribution in [2.24, 2.45) is 5.73 Å². The van der Waals surface area contributed by atoms with Gasteiger partial charge in [0.2, 0.25) is 0 Å². The molecule has 1 fully saturated rings. The van der Waals surface area contributed by atoms with E-state index in [0.29, 0.717) is 5.11 Å². The van der Waals surface area contributed by atoms with E-state index in [9.17, 15) is 0 Å². The number of rotatable bonds is 2. The van der Waals surface area contributed by atoms with Crippen LogP contribution in [0.2, 0.25) is 0 Å². The lowest BCUT2D eigenvalue weighted by Gasteiger charge is -2.32. The Morgan fingerprint density at radius 1 is 1.50 bits per heavy atom. The van der Waals surface area contributed by atoms with E-state index >= 15 is 0 Å². The topological polar surface area (TPSA) is 53.9 Å². The second kappa shape index (κ2) is 4.59. The number of nitrogens with two attached hydrogens (primary N) is 1. The van der Waals surface area contributed by atoms with E-state index in [0.717, 1.165) is 32.7 Å². The molecule has 0 aromatic rings. The molecule has 0 unspecified atom stereocenters. The van der Waals surface area contributed by atoms with Gasteiger partial charge in [-0.3, -0.25) is 0 Å². The van der Waals surface area contributed by atoms with Gasteiger partial charge in [-0.2, -0.15) is 0 Å². The number of nitrogens with one attached hydrogen (secondary N) is 1. The molecule has 12 heavy (non-hydrogen) atoms. The van der Waals surface area contributed by atoms with Crippen molar-refractivity contribution in [3.05, 3.63) is 0 Å². The Hall–Kier alpha value is -0.390. The fourth-order valence-electron chi connectivity index (χ4n) is 1.45. The smallest absolute Gasteiger partial charge is 0.166 e. The summed E-state index contributed by atoms with van der Waals surface area (Å²) in [5.74, 6) is 0. The van der Waals surface area contributed by atoms with Crippen LogP contribution in [0.4, 0.5) is 0 Å². The molecule has 0 spiro atoms. The molecule has 0 radical (unpaired) electrons. The molecular weight excluding hydrogens is 174 g/mol. The summed E-state index contributed by atoms with van der Waals surface area (Å²) in [6.45, 7) is 5.00. The number of hydrogen-bond donors (Lipinski definition) is 3. The summed E-state index contributed by atoms with van der Waals surface area (Å²) in [5.41, 5.74) is 5.49. The van der Waals surface area contributed by atoms with Gasteiger partial charge in [-0.05, 0) is 12.2 Å². The van der Waals surface area contributed by atoms with Crippen LogP contribution in [0.25, 0.3) is 0 Å². The maximum atomic E-state index is 8.71. The van der Waals surface area contributed by atoms with Gasteiger partial charge in [-0.1, -0.05) is 0 Å². The van der Waals surface area contributed by atoms with E-state index in [2.05, 4.69) is 0 Å². The van der Waals surface area contributed by atoms with E-state index < -0.39 is 0 Å². The lowest BCUT2D eigenvalue weighted by molar-refractivity contribution is -0.904. The summed E-state index contributed by atoms with van der Waals surface area (Å²) < 4.78 is 0. The highest BCUT2D eigenvalue weighted by molar-refractivity contribution is 7.80. The minimum atomic E-state index is 0.266. The van der Waals surface area contributed by atoms with Crippen molar-refractivity contribution in [2.45, 2.75) is 0 Å². The molecule has 0 aromatic carbocycles. The van der Waals surface area contributed by atoms with Gasteiger partial charge in [0.25, 0.3) is 0 Å². The zero-order valence-corrected chi connectivity index (χ0v) is 7.94. The van der Waals surface area contributed by atoms with Gasteiger partial charge in [0.15, 0.2) is 5.11 Å². The van der Waals surface area contributed by atoms with Crippen LogP contribution >= 0.6 is 12.2 Å². The number of piperazine rings is 1. The molecule has 1 aliphatic heterocycles. The second-order valence-electron chi connectivity index (χ2n) is 3.05. The summed E-state index contributed by atoms with van der Waals surface area (Å²) in [5, 5.41) is 9.21. The Morgan fingerprint density at radius 3 is 2.50 bits per heavy atom. The molecule has 0 amide bonds. The summed E-state index contributed by atoms with van der Waals surface area (Å²) >= 11 is 4.86. The average Bonchev–Trinajstić information content (AvgIpc) is 2.06. The molecule has 4 N–H and O–H groups in total. The first-order valence-electron chi connectivity index (χ1n) is 4.23. The third-order valence-electron chi connectivity index (χ3n) is 2.25. The van der Waals surface area contributed by atoms with Crippen LogP contribution in [0.5, 0.6) is 0 Å². The number of hydrogen-bond acceptors (Lipinski definition) is 2. The van der Waals surface area contributed by atoms with Crippen LogP contribution < -0.4 is 10.6 Å². The zero-order valence-electron chi connectivity index (χ0n) is 7.12. The molecule has 1 aliphatic rings. The van der Waals surface area contributed by atoms with Crippen molar-refractivity contribution >= 4 is 17.3 Å². The predicted molar refractivity (Wildman–Crippen MR) is 51.0 cm³/mol. The first-order valence-corrected chi connectivity index (χ1v) is 4.63. The zero-order chi connectivity index (χ0) is 8.97. The van der Waals surface area contributed by atoms with Crippen LogP contribution in [0.15, 0.2) is 0 Å². The molecule has 1 heterocycles. The van der Waals surface area contributed by atoms with Gasteiger partial charge in [0.1, 0.15) is 6.54 Å². The number of aliphatic hydroxyl groups is 1. The molecular formula is C7H16N3OS+. The molecule has 5 heteroatoms. The molecule has 0 bridgehead atoms. The Morgan fingerprint density at radius 2 is 2.08 bits per heavy atom. The molecule has 1 rings (SSSR count). The quantitative estimate of drug-likeness (QED) is 0.419. The van der Waals surface area contributed by atoms with Gasteiger partial charge in [0.05, 0.1) is 32.8 Å². The van der Waals surface area contributed by atoms with Crippen LogP contribution in [0, 0.1) is 0 Å². The summed E-state index contributed by atoms with van der Waals surface area (Å²) in [6, 6.07) is 0. The first-order chi connectivity index (χ1) is 5.74. The molecule has 0 saturated carbocycles. The number of aliphatic hydroxyl groups excluding tert-OH is 1. The molecule has 70 valence electrons. The Kier molecular flexibility index (Phi) is 3.71. The maximum Gasteiger partial charge on any atom is 0.166 e. The molecule has 0 atom stereocenters. The second-order valence-corrected chi connectivity index (χ2v) is 3.47. The van der Waals surface area contributed by atoms with E-state index in [4.69, 9.17) is 23.1 Å². The Labute approximate surface area is 77.9 Å². The Balaban J connectivity index is 2.25. The summed E-state index contributed by atoms with van der Waals surface area (Å²) in [6.07, 6.45) is 0. The molecule has 1 saturated heterocycles. The van der Waals surface area contributed by atoms with Gasteiger partial charge < -0.3 is 20.6 Å². The standard InChI is InChI=1S/C7H15N3OS/c8-7(12)10-3-1-9(2-4-10)5-6-11/h11H,1-6H2,(H2,8,12)/p+1. The Bertz CT molecular complexity index is 157. The molecule has 4 nitrogen and oxygen atoms in total. The minimum Gasteiger partial charge on any atom is -0.391 e. The molecule has 0 aromatic heterocycles. The summed E-state index contributed by atoms with van der Waals surface area (Å²) in [7, 11) is 0. The average molecular weight is 190 g/mol. The van der Waals surface area contributed by atoms with Gasteiger partial charge >= 0.3 is 0 Å². The van der Waals surface area contributed by atoms with Crippen molar-refractivity contribution in [3.63, 3.8) is 0 Å². The van der Waals surface area contributed by atoms with Crippen molar-refractivity contribution < 1.29 is 10.0 Å². The number of thiocarbonyl (C=S) groups is 1. The van der Waals surface area contributed by atoms with Crippen LogP contribution in [-0.4, -0.2) is 54.4 Å². The van der Waals surface area contributed by atoms with Crippen LogP contribution in [0.1, 0.15) is 0 Å². The third kappa shape index (κ3) is 2.58. The highest BCUT2D eigenvalue weighted by Crippen LogP contribution is 1.87. The monoisotopic (exact) mass is 190 g/mol. The predicted octanol–water partition coefficient (Wildman–Crippen LogP) is -2.58. The van der Waals surface area contributed by atoms with Crippen LogP contribution in [0.3, 0.4) is 0 Å². The van der Waals surface area contributed by atoms with Crippen LogP contribution in [-0.2, 0) is 0 Å². The van der Waals surface area contributed by atoms with Crippen molar-refractivity contribution in [1.82, 2.24) is 4.90 Å². The van der Waals surface area contributed by atoms with Crippen molar-refractivity contribution in [3.8, 4) is 0 Å². The van der Waals surface area contributed by atoms with Gasteiger partial charge in [0, 0.05) is 0 Å². The first kappa shape index (κ1) is 9.70. The number of nitrogens with zero attached hydrogens (tertiary/aromatic N) is 1. The maximum absolute atomic E-state index is 8.71. The fraction of sp³-hybridized carbons (Fsp3) is 0.857. The lowest BCUT2D eigenvalue weighted by Crippen LogP contribution is -3.15. The van der Waals surface area contributed by atoms with E-state index in [-0.39, 0.29) is 6.61 Å². The lowest BCUT2D eigenvalue weighted by atomic mass is 10.3. The van der Waals surface area contributed by atoms with E-state index in [1.807, 2.05) is 4.90 Å². The minimum absolute atomic E-state index is 0.266.